The lowest BCUT2D eigenvalue weighted by Crippen LogP contribution is -2.55. The summed E-state index contributed by atoms with van der Waals surface area (Å²) in [5.74, 6) is 0. The smallest absolute Gasteiger partial charge is 0.110 e. The van der Waals surface area contributed by atoms with Crippen molar-refractivity contribution >= 4 is 0 Å². The second kappa shape index (κ2) is 4.96. The first kappa shape index (κ1) is 12.7. The first-order valence-electron chi connectivity index (χ1n) is 7.15. The zero-order chi connectivity index (χ0) is 13.3. The highest BCUT2D eigenvalue weighted by atomic mass is 15.2. The summed E-state index contributed by atoms with van der Waals surface area (Å²) in [7, 11) is 2.21. The van der Waals surface area contributed by atoms with Crippen molar-refractivity contribution in [2.75, 3.05) is 7.05 Å². The van der Waals surface area contributed by atoms with Crippen molar-refractivity contribution in [2.24, 2.45) is 0 Å². The van der Waals surface area contributed by atoms with Crippen molar-refractivity contribution in [3.05, 3.63) is 35.9 Å². The summed E-state index contributed by atoms with van der Waals surface area (Å²) in [4.78, 5) is 2.47. The Morgan fingerprint density at radius 1 is 1.26 bits per heavy atom. The van der Waals surface area contributed by atoms with Gasteiger partial charge in [0.15, 0.2) is 0 Å². The van der Waals surface area contributed by atoms with Gasteiger partial charge in [-0.25, -0.2) is 0 Å². The van der Waals surface area contributed by atoms with Gasteiger partial charge in [-0.3, -0.25) is 5.32 Å². The van der Waals surface area contributed by atoms with Gasteiger partial charge < -0.3 is 4.90 Å². The average Bonchev–Trinajstić information content (AvgIpc) is 2.68. The molecule has 0 radical (unpaired) electrons. The van der Waals surface area contributed by atoms with Crippen molar-refractivity contribution in [1.29, 1.82) is 5.26 Å². The molecule has 0 aliphatic carbocycles. The van der Waals surface area contributed by atoms with Crippen LogP contribution in [-0.2, 0) is 6.54 Å². The zero-order valence-electron chi connectivity index (χ0n) is 11.5. The van der Waals surface area contributed by atoms with Gasteiger partial charge in [0.25, 0.3) is 0 Å². The average molecular weight is 255 g/mol. The molecule has 2 heterocycles. The highest BCUT2D eigenvalue weighted by Gasteiger charge is 2.46. The SMILES string of the molecule is CN1C2CCC1CC(C#N)(NCc1ccccc1)C2. The van der Waals surface area contributed by atoms with E-state index in [9.17, 15) is 5.26 Å². The van der Waals surface area contributed by atoms with Gasteiger partial charge in [-0.2, -0.15) is 5.26 Å². The largest absolute Gasteiger partial charge is 0.300 e. The summed E-state index contributed by atoms with van der Waals surface area (Å²) in [6.07, 6.45) is 4.42. The molecule has 2 bridgehead atoms. The second-order valence-electron chi connectivity index (χ2n) is 5.99. The van der Waals surface area contributed by atoms with Crippen molar-refractivity contribution in [3.8, 4) is 6.07 Å². The van der Waals surface area contributed by atoms with Crippen molar-refractivity contribution < 1.29 is 0 Å². The number of nitrogens with zero attached hydrogens (tertiary/aromatic N) is 2. The van der Waals surface area contributed by atoms with Gasteiger partial charge in [-0.1, -0.05) is 30.3 Å². The first-order chi connectivity index (χ1) is 9.22. The molecule has 0 saturated carbocycles. The fourth-order valence-corrected chi connectivity index (χ4v) is 3.61. The second-order valence-corrected chi connectivity index (χ2v) is 5.99. The van der Waals surface area contributed by atoms with E-state index in [1.54, 1.807) is 0 Å². The summed E-state index contributed by atoms with van der Waals surface area (Å²) in [6.45, 7) is 0.789. The molecule has 3 rings (SSSR count). The van der Waals surface area contributed by atoms with Crippen LogP contribution in [0.1, 0.15) is 31.2 Å². The van der Waals surface area contributed by atoms with Gasteiger partial charge in [-0.05, 0) is 38.3 Å². The zero-order valence-corrected chi connectivity index (χ0v) is 11.5. The molecule has 2 aliphatic heterocycles. The molecule has 2 saturated heterocycles. The minimum absolute atomic E-state index is 0.325. The number of rotatable bonds is 3. The van der Waals surface area contributed by atoms with Gasteiger partial charge in [-0.15, -0.1) is 0 Å². The predicted octanol–water partition coefficient (Wildman–Crippen LogP) is 2.30. The van der Waals surface area contributed by atoms with E-state index >= 15 is 0 Å². The monoisotopic (exact) mass is 255 g/mol. The summed E-state index contributed by atoms with van der Waals surface area (Å²) < 4.78 is 0. The van der Waals surface area contributed by atoms with Crippen LogP contribution in [0, 0.1) is 11.3 Å². The van der Waals surface area contributed by atoms with Crippen LogP contribution >= 0.6 is 0 Å². The van der Waals surface area contributed by atoms with E-state index in [0.29, 0.717) is 12.1 Å². The van der Waals surface area contributed by atoms with E-state index < -0.39 is 0 Å². The number of piperidine rings is 1. The number of nitrogens with one attached hydrogen (secondary N) is 1. The lowest BCUT2D eigenvalue weighted by Gasteiger charge is -2.41. The molecule has 1 N–H and O–H groups in total. The van der Waals surface area contributed by atoms with E-state index in [-0.39, 0.29) is 5.54 Å². The van der Waals surface area contributed by atoms with Crippen LogP contribution in [0.3, 0.4) is 0 Å². The Morgan fingerprint density at radius 3 is 2.47 bits per heavy atom. The van der Waals surface area contributed by atoms with E-state index in [1.165, 1.54) is 18.4 Å². The molecular weight excluding hydrogens is 234 g/mol. The van der Waals surface area contributed by atoms with Crippen LogP contribution in [0.5, 0.6) is 0 Å². The maximum atomic E-state index is 9.64. The molecule has 3 heteroatoms. The van der Waals surface area contributed by atoms with Crippen LogP contribution in [0.25, 0.3) is 0 Å². The fraction of sp³-hybridized carbons (Fsp3) is 0.562. The lowest BCUT2D eigenvalue weighted by atomic mass is 9.84. The topological polar surface area (TPSA) is 39.1 Å². The maximum absolute atomic E-state index is 9.64. The molecule has 19 heavy (non-hydrogen) atoms. The van der Waals surface area contributed by atoms with Crippen LogP contribution in [0.2, 0.25) is 0 Å². The Kier molecular flexibility index (Phi) is 3.30. The highest BCUT2D eigenvalue weighted by molar-refractivity contribution is 5.19. The summed E-state index contributed by atoms with van der Waals surface area (Å²) in [5, 5.41) is 13.2. The van der Waals surface area contributed by atoms with Gasteiger partial charge in [0.1, 0.15) is 5.54 Å². The molecule has 1 aromatic carbocycles. The molecule has 2 unspecified atom stereocenters. The summed E-state index contributed by atoms with van der Waals surface area (Å²) in [5.41, 5.74) is 0.928. The highest BCUT2D eigenvalue weighted by Crippen LogP contribution is 2.39. The molecule has 0 spiro atoms. The Balaban J connectivity index is 1.70. The number of nitriles is 1. The molecule has 3 nitrogen and oxygen atoms in total. The predicted molar refractivity (Wildman–Crippen MR) is 75.4 cm³/mol. The summed E-state index contributed by atoms with van der Waals surface area (Å²) in [6, 6.07) is 14.1. The van der Waals surface area contributed by atoms with E-state index in [4.69, 9.17) is 0 Å². The minimum Gasteiger partial charge on any atom is -0.300 e. The molecule has 0 amide bonds. The molecule has 2 aliphatic rings. The first-order valence-corrected chi connectivity index (χ1v) is 7.15. The van der Waals surface area contributed by atoms with Crippen molar-refractivity contribution in [2.45, 2.75) is 49.9 Å². The third kappa shape index (κ3) is 2.39. The van der Waals surface area contributed by atoms with Gasteiger partial charge in [0.05, 0.1) is 6.07 Å². The quantitative estimate of drug-likeness (QED) is 0.900. The van der Waals surface area contributed by atoms with Crippen LogP contribution < -0.4 is 5.32 Å². The number of benzene rings is 1. The fourth-order valence-electron chi connectivity index (χ4n) is 3.61. The van der Waals surface area contributed by atoms with Gasteiger partial charge in [0, 0.05) is 18.6 Å². The van der Waals surface area contributed by atoms with Crippen molar-refractivity contribution in [1.82, 2.24) is 10.2 Å². The lowest BCUT2D eigenvalue weighted by molar-refractivity contribution is 0.118. The molecular formula is C16H21N3. The maximum Gasteiger partial charge on any atom is 0.110 e. The number of hydrogen-bond acceptors (Lipinski definition) is 3. The van der Waals surface area contributed by atoms with E-state index in [1.807, 2.05) is 6.07 Å². The molecule has 2 fully saturated rings. The van der Waals surface area contributed by atoms with Crippen LogP contribution in [0.4, 0.5) is 0 Å². The van der Waals surface area contributed by atoms with Crippen molar-refractivity contribution in [3.63, 3.8) is 0 Å². The molecule has 1 aromatic rings. The number of fused-ring (bicyclic) bond motifs is 2. The van der Waals surface area contributed by atoms with E-state index in [0.717, 1.165) is 19.4 Å². The number of hydrogen-bond donors (Lipinski definition) is 1. The standard InChI is InChI=1S/C16H21N3/c1-19-14-7-8-15(19)10-16(9-14,12-17)18-11-13-5-3-2-4-6-13/h2-6,14-15,18H,7-11H2,1H3. The Bertz CT molecular complexity index is 463. The Morgan fingerprint density at radius 2 is 1.89 bits per heavy atom. The Hall–Kier alpha value is -1.37. The third-order valence-corrected chi connectivity index (χ3v) is 4.84. The minimum atomic E-state index is -0.325. The van der Waals surface area contributed by atoms with Crippen LogP contribution in [0.15, 0.2) is 30.3 Å². The van der Waals surface area contributed by atoms with Gasteiger partial charge in [0.2, 0.25) is 0 Å². The van der Waals surface area contributed by atoms with E-state index in [2.05, 4.69) is 47.6 Å². The molecule has 0 aromatic heterocycles. The van der Waals surface area contributed by atoms with Gasteiger partial charge >= 0.3 is 0 Å². The molecule has 100 valence electrons. The molecule has 2 atom stereocenters. The normalized spacial score (nSPS) is 34.1. The third-order valence-electron chi connectivity index (χ3n) is 4.84. The van der Waals surface area contributed by atoms with Crippen LogP contribution in [-0.4, -0.2) is 29.6 Å². The summed E-state index contributed by atoms with van der Waals surface area (Å²) >= 11 is 0. The Labute approximate surface area is 115 Å².